The molecule has 88 valence electrons. The maximum absolute atomic E-state index is 12.2. The molecular formula is C11H4Cl4OS. The van der Waals surface area contributed by atoms with Gasteiger partial charge in [0.1, 0.15) is 4.34 Å². The molecule has 6 heteroatoms. The van der Waals surface area contributed by atoms with Crippen molar-refractivity contribution in [3.05, 3.63) is 54.1 Å². The Labute approximate surface area is 122 Å². The van der Waals surface area contributed by atoms with Crippen LogP contribution in [-0.2, 0) is 0 Å². The SMILES string of the molecule is O=C(c1cc(Cl)sc1Cl)c1cccc(Cl)c1Cl. The molecule has 1 heterocycles. The van der Waals surface area contributed by atoms with Crippen LogP contribution in [0.5, 0.6) is 0 Å². The lowest BCUT2D eigenvalue weighted by molar-refractivity contribution is 0.103. The van der Waals surface area contributed by atoms with Gasteiger partial charge in [0.2, 0.25) is 0 Å². The Morgan fingerprint density at radius 2 is 1.76 bits per heavy atom. The molecule has 0 amide bonds. The summed E-state index contributed by atoms with van der Waals surface area (Å²) in [6, 6.07) is 6.39. The largest absolute Gasteiger partial charge is 0.288 e. The Hall–Kier alpha value is -0.250. The van der Waals surface area contributed by atoms with Crippen molar-refractivity contribution in [1.29, 1.82) is 0 Å². The summed E-state index contributed by atoms with van der Waals surface area (Å²) in [4.78, 5) is 12.2. The van der Waals surface area contributed by atoms with Crippen molar-refractivity contribution >= 4 is 63.5 Å². The highest BCUT2D eigenvalue weighted by molar-refractivity contribution is 7.20. The van der Waals surface area contributed by atoms with E-state index in [1.165, 1.54) is 6.07 Å². The molecule has 1 aromatic heterocycles. The van der Waals surface area contributed by atoms with Gasteiger partial charge in [0.15, 0.2) is 5.78 Å². The fourth-order valence-electron chi connectivity index (χ4n) is 1.32. The van der Waals surface area contributed by atoms with Crippen LogP contribution in [-0.4, -0.2) is 5.78 Å². The minimum Gasteiger partial charge on any atom is -0.288 e. The number of rotatable bonds is 2. The molecule has 0 saturated carbocycles. The number of carbonyl (C=O) groups is 1. The average Bonchev–Trinajstić information content (AvgIpc) is 2.61. The van der Waals surface area contributed by atoms with Crippen LogP contribution >= 0.6 is 57.7 Å². The molecular weight excluding hydrogens is 322 g/mol. The Balaban J connectivity index is 2.51. The minimum atomic E-state index is -0.286. The molecule has 0 aliphatic carbocycles. The van der Waals surface area contributed by atoms with Gasteiger partial charge in [-0.1, -0.05) is 52.5 Å². The second kappa shape index (κ2) is 5.17. The number of hydrogen-bond acceptors (Lipinski definition) is 2. The van der Waals surface area contributed by atoms with E-state index in [9.17, 15) is 4.79 Å². The Bertz CT molecular complexity index is 591. The van der Waals surface area contributed by atoms with Crippen molar-refractivity contribution < 1.29 is 4.79 Å². The lowest BCUT2D eigenvalue weighted by Crippen LogP contribution is -2.01. The summed E-state index contributed by atoms with van der Waals surface area (Å²) < 4.78 is 0.799. The summed E-state index contributed by atoms with van der Waals surface area (Å²) in [5.74, 6) is -0.286. The summed E-state index contributed by atoms with van der Waals surface area (Å²) in [5, 5.41) is 0.549. The van der Waals surface area contributed by atoms with Crippen molar-refractivity contribution in [1.82, 2.24) is 0 Å². The van der Waals surface area contributed by atoms with E-state index in [1.807, 2.05) is 0 Å². The van der Waals surface area contributed by atoms with Crippen LogP contribution in [0, 0.1) is 0 Å². The van der Waals surface area contributed by atoms with Crippen LogP contribution in [0.1, 0.15) is 15.9 Å². The van der Waals surface area contributed by atoms with Crippen LogP contribution in [0.3, 0.4) is 0 Å². The molecule has 0 aliphatic heterocycles. The number of hydrogen-bond donors (Lipinski definition) is 0. The van der Waals surface area contributed by atoms with Gasteiger partial charge >= 0.3 is 0 Å². The smallest absolute Gasteiger partial charge is 0.196 e. The third kappa shape index (κ3) is 2.61. The van der Waals surface area contributed by atoms with Gasteiger partial charge in [-0.3, -0.25) is 4.79 Å². The molecule has 2 rings (SSSR count). The van der Waals surface area contributed by atoms with E-state index in [-0.39, 0.29) is 10.8 Å². The van der Waals surface area contributed by atoms with E-state index in [0.717, 1.165) is 11.3 Å². The van der Waals surface area contributed by atoms with Crippen molar-refractivity contribution in [2.24, 2.45) is 0 Å². The Morgan fingerprint density at radius 1 is 1.06 bits per heavy atom. The summed E-state index contributed by atoms with van der Waals surface area (Å²) in [5.41, 5.74) is 0.654. The van der Waals surface area contributed by atoms with E-state index in [2.05, 4.69) is 0 Å². The van der Waals surface area contributed by atoms with Crippen LogP contribution in [0.25, 0.3) is 0 Å². The summed E-state index contributed by atoms with van der Waals surface area (Å²) in [6.07, 6.45) is 0. The Kier molecular flexibility index (Phi) is 4.01. The second-order valence-electron chi connectivity index (χ2n) is 3.17. The van der Waals surface area contributed by atoms with Crippen LogP contribution in [0.15, 0.2) is 24.3 Å². The van der Waals surface area contributed by atoms with Gasteiger partial charge in [-0.2, -0.15) is 0 Å². The molecule has 0 bridgehead atoms. The summed E-state index contributed by atoms with van der Waals surface area (Å²) in [6.45, 7) is 0. The van der Waals surface area contributed by atoms with E-state index in [0.29, 0.717) is 24.8 Å². The summed E-state index contributed by atoms with van der Waals surface area (Å²) >= 11 is 24.7. The van der Waals surface area contributed by atoms with Gasteiger partial charge in [-0.15, -0.1) is 11.3 Å². The van der Waals surface area contributed by atoms with Crippen molar-refractivity contribution in [3.63, 3.8) is 0 Å². The van der Waals surface area contributed by atoms with Crippen molar-refractivity contribution in [3.8, 4) is 0 Å². The lowest BCUT2D eigenvalue weighted by atomic mass is 10.1. The fraction of sp³-hybridized carbons (Fsp3) is 0. The molecule has 0 atom stereocenters. The van der Waals surface area contributed by atoms with Gasteiger partial charge < -0.3 is 0 Å². The van der Waals surface area contributed by atoms with Gasteiger partial charge in [0, 0.05) is 5.56 Å². The van der Waals surface area contributed by atoms with Crippen molar-refractivity contribution in [2.45, 2.75) is 0 Å². The zero-order valence-corrected chi connectivity index (χ0v) is 12.0. The molecule has 0 saturated heterocycles. The predicted octanol–water partition coefficient (Wildman–Crippen LogP) is 5.59. The van der Waals surface area contributed by atoms with Gasteiger partial charge in [0.05, 0.1) is 19.9 Å². The third-order valence-corrected chi connectivity index (χ3v) is 4.40. The minimum absolute atomic E-state index is 0.220. The van der Waals surface area contributed by atoms with Gasteiger partial charge in [-0.05, 0) is 18.2 Å². The molecule has 0 aliphatic rings. The first-order valence-corrected chi connectivity index (χ1v) is 6.77. The molecule has 0 fully saturated rings. The topological polar surface area (TPSA) is 17.1 Å². The fourth-order valence-corrected chi connectivity index (χ4v) is 3.16. The van der Waals surface area contributed by atoms with E-state index in [1.54, 1.807) is 18.2 Å². The maximum atomic E-state index is 12.2. The van der Waals surface area contributed by atoms with Crippen LogP contribution < -0.4 is 0 Å². The highest BCUT2D eigenvalue weighted by Crippen LogP contribution is 2.35. The average molecular weight is 326 g/mol. The van der Waals surface area contributed by atoms with E-state index >= 15 is 0 Å². The molecule has 2 aromatic rings. The third-order valence-electron chi connectivity index (χ3n) is 2.10. The number of carbonyl (C=O) groups excluding carboxylic acids is 1. The van der Waals surface area contributed by atoms with E-state index in [4.69, 9.17) is 46.4 Å². The normalized spacial score (nSPS) is 10.6. The zero-order chi connectivity index (χ0) is 12.6. The molecule has 17 heavy (non-hydrogen) atoms. The maximum Gasteiger partial charge on any atom is 0.196 e. The summed E-state index contributed by atoms with van der Waals surface area (Å²) in [7, 11) is 0. The number of benzene rings is 1. The van der Waals surface area contributed by atoms with Gasteiger partial charge in [0.25, 0.3) is 0 Å². The van der Waals surface area contributed by atoms with Crippen molar-refractivity contribution in [2.75, 3.05) is 0 Å². The molecule has 0 N–H and O–H groups in total. The number of halogens is 4. The van der Waals surface area contributed by atoms with Crippen LogP contribution in [0.4, 0.5) is 0 Å². The molecule has 1 nitrogen and oxygen atoms in total. The number of ketones is 1. The second-order valence-corrected chi connectivity index (χ2v) is 6.24. The van der Waals surface area contributed by atoms with E-state index < -0.39 is 0 Å². The monoisotopic (exact) mass is 324 g/mol. The molecule has 0 unspecified atom stereocenters. The zero-order valence-electron chi connectivity index (χ0n) is 8.14. The first kappa shape index (κ1) is 13.2. The number of thiophene rings is 1. The molecule has 0 spiro atoms. The standard InChI is InChI=1S/C11H4Cl4OS/c12-7-3-1-2-5(9(7)14)10(16)6-4-8(13)17-11(6)15/h1-4H. The highest BCUT2D eigenvalue weighted by atomic mass is 35.5. The molecule has 0 radical (unpaired) electrons. The molecule has 1 aromatic carbocycles. The van der Waals surface area contributed by atoms with Gasteiger partial charge in [-0.25, -0.2) is 0 Å². The van der Waals surface area contributed by atoms with Crippen LogP contribution in [0.2, 0.25) is 18.7 Å². The highest BCUT2D eigenvalue weighted by Gasteiger charge is 2.19. The first-order valence-electron chi connectivity index (χ1n) is 4.44. The lowest BCUT2D eigenvalue weighted by Gasteiger charge is -2.03. The predicted molar refractivity (Wildman–Crippen MR) is 74.2 cm³/mol. The Morgan fingerprint density at radius 3 is 2.35 bits per heavy atom. The quantitative estimate of drug-likeness (QED) is 0.657. The first-order chi connectivity index (χ1) is 8.00.